The Morgan fingerprint density at radius 2 is 2.28 bits per heavy atom. The van der Waals surface area contributed by atoms with Crippen molar-refractivity contribution >= 4 is 34.6 Å². The fraction of sp³-hybridized carbons (Fsp3) is 0.200. The molecule has 7 nitrogen and oxygen atoms in total. The van der Waals surface area contributed by atoms with Crippen molar-refractivity contribution in [2.75, 3.05) is 18.6 Å². The normalized spacial score (nSPS) is 14.6. The van der Waals surface area contributed by atoms with Gasteiger partial charge in [0.2, 0.25) is 0 Å². The van der Waals surface area contributed by atoms with Crippen molar-refractivity contribution in [2.24, 2.45) is 0 Å². The fourth-order valence-electron chi connectivity index (χ4n) is 1.63. The quantitative estimate of drug-likeness (QED) is 0.496. The molecule has 0 unspecified atom stereocenters. The molecule has 1 fully saturated rings. The van der Waals surface area contributed by atoms with Crippen molar-refractivity contribution in [1.29, 1.82) is 0 Å². The van der Waals surface area contributed by atoms with Gasteiger partial charge in [-0.1, -0.05) is 0 Å². The number of carbonyl (C=O) groups is 1. The molecular formula is C10H9N3O4S. The van der Waals surface area contributed by atoms with Crippen LogP contribution in [0.3, 0.4) is 0 Å². The first-order chi connectivity index (χ1) is 8.54. The van der Waals surface area contributed by atoms with E-state index in [0.29, 0.717) is 5.69 Å². The number of amides is 1. The van der Waals surface area contributed by atoms with Crippen molar-refractivity contribution in [3.63, 3.8) is 0 Å². The number of carbonyl (C=O) groups excluding carboxylic acids is 1. The van der Waals surface area contributed by atoms with Crippen LogP contribution in [0.25, 0.3) is 0 Å². The summed E-state index contributed by atoms with van der Waals surface area (Å²) in [5.74, 6) is -0.00393. The number of nitro groups is 1. The second-order valence-corrected chi connectivity index (χ2v) is 3.89. The number of non-ortho nitro benzene ring substituents is 1. The van der Waals surface area contributed by atoms with Crippen LogP contribution in [0, 0.1) is 10.1 Å². The van der Waals surface area contributed by atoms with E-state index in [4.69, 9.17) is 17.0 Å². The van der Waals surface area contributed by atoms with Gasteiger partial charge in [0.25, 0.3) is 11.6 Å². The van der Waals surface area contributed by atoms with Crippen LogP contribution in [0.15, 0.2) is 18.2 Å². The van der Waals surface area contributed by atoms with Crippen LogP contribution in [0.1, 0.15) is 0 Å². The Morgan fingerprint density at radius 3 is 2.78 bits per heavy atom. The third-order valence-corrected chi connectivity index (χ3v) is 2.79. The number of nitrogens with one attached hydrogen (secondary N) is 1. The minimum absolute atomic E-state index is 0.110. The molecule has 1 aliphatic heterocycles. The van der Waals surface area contributed by atoms with Gasteiger partial charge < -0.3 is 10.1 Å². The summed E-state index contributed by atoms with van der Waals surface area (Å²) in [4.78, 5) is 23.0. The lowest BCUT2D eigenvalue weighted by Gasteiger charge is -2.17. The number of thiocarbonyl (C=S) groups is 1. The van der Waals surface area contributed by atoms with E-state index in [1.54, 1.807) is 0 Å². The Kier molecular flexibility index (Phi) is 3.11. The molecule has 2 rings (SSSR count). The summed E-state index contributed by atoms with van der Waals surface area (Å²) >= 11 is 5.00. The van der Waals surface area contributed by atoms with E-state index >= 15 is 0 Å². The van der Waals surface area contributed by atoms with Crippen molar-refractivity contribution < 1.29 is 14.5 Å². The minimum Gasteiger partial charge on any atom is -0.494 e. The van der Waals surface area contributed by atoms with Gasteiger partial charge >= 0.3 is 0 Å². The molecule has 0 atom stereocenters. The van der Waals surface area contributed by atoms with Gasteiger partial charge in [0.15, 0.2) is 5.11 Å². The number of hydrogen-bond donors (Lipinski definition) is 1. The summed E-state index contributed by atoms with van der Waals surface area (Å²) in [6.45, 7) is 0.110. The highest BCUT2D eigenvalue weighted by Crippen LogP contribution is 2.33. The number of nitro benzene ring substituents is 1. The molecule has 1 amide bonds. The second-order valence-electron chi connectivity index (χ2n) is 3.50. The summed E-state index contributed by atoms with van der Waals surface area (Å²) < 4.78 is 5.06. The molecule has 94 valence electrons. The number of methoxy groups -OCH3 is 1. The largest absolute Gasteiger partial charge is 0.494 e. The first kappa shape index (κ1) is 12.2. The molecule has 0 spiro atoms. The van der Waals surface area contributed by atoms with Crippen LogP contribution in [0.2, 0.25) is 0 Å². The van der Waals surface area contributed by atoms with E-state index in [9.17, 15) is 14.9 Å². The maximum atomic E-state index is 11.7. The number of nitrogens with zero attached hydrogens (tertiary/aromatic N) is 2. The predicted molar refractivity (Wildman–Crippen MR) is 67.7 cm³/mol. The van der Waals surface area contributed by atoms with Crippen LogP contribution in [-0.2, 0) is 4.79 Å². The van der Waals surface area contributed by atoms with E-state index in [2.05, 4.69) is 5.32 Å². The zero-order chi connectivity index (χ0) is 13.3. The van der Waals surface area contributed by atoms with Gasteiger partial charge in [-0.15, -0.1) is 0 Å². The zero-order valence-electron chi connectivity index (χ0n) is 9.37. The molecule has 0 bridgehead atoms. The summed E-state index contributed by atoms with van der Waals surface area (Å²) in [6, 6.07) is 3.99. The van der Waals surface area contributed by atoms with Crippen molar-refractivity contribution in [2.45, 2.75) is 0 Å². The van der Waals surface area contributed by atoms with Crippen molar-refractivity contribution in [3.8, 4) is 5.75 Å². The van der Waals surface area contributed by atoms with Gasteiger partial charge in [0.1, 0.15) is 5.75 Å². The van der Waals surface area contributed by atoms with Crippen molar-refractivity contribution in [3.05, 3.63) is 28.3 Å². The standard InChI is InChI=1S/C10H9N3O4S/c1-17-8-4-6(13(15)16)2-3-7(8)12-9(14)5-11-10(12)18/h2-4H,5H2,1H3,(H,11,18). The van der Waals surface area contributed by atoms with E-state index in [1.165, 1.54) is 30.2 Å². The molecule has 1 aromatic rings. The fourth-order valence-corrected chi connectivity index (χ4v) is 1.90. The first-order valence-electron chi connectivity index (χ1n) is 4.98. The molecule has 8 heteroatoms. The smallest absolute Gasteiger partial charge is 0.273 e. The molecule has 0 saturated carbocycles. The average Bonchev–Trinajstić information content (AvgIpc) is 2.68. The van der Waals surface area contributed by atoms with Gasteiger partial charge in [0, 0.05) is 6.07 Å². The Morgan fingerprint density at radius 1 is 1.56 bits per heavy atom. The maximum absolute atomic E-state index is 11.7. The monoisotopic (exact) mass is 267 g/mol. The molecule has 18 heavy (non-hydrogen) atoms. The molecule has 1 aromatic carbocycles. The van der Waals surface area contributed by atoms with Crippen LogP contribution in [0.5, 0.6) is 5.75 Å². The van der Waals surface area contributed by atoms with Crippen LogP contribution in [0.4, 0.5) is 11.4 Å². The van der Waals surface area contributed by atoms with Gasteiger partial charge in [-0.3, -0.25) is 19.8 Å². The molecule has 1 aliphatic rings. The number of anilines is 1. The van der Waals surface area contributed by atoms with E-state index in [0.717, 1.165) is 0 Å². The number of hydrogen-bond acceptors (Lipinski definition) is 5. The molecule has 1 heterocycles. The Labute approximate surface area is 107 Å². The topological polar surface area (TPSA) is 84.7 Å². The summed E-state index contributed by atoms with van der Waals surface area (Å²) in [5, 5.41) is 13.6. The highest BCUT2D eigenvalue weighted by molar-refractivity contribution is 7.80. The van der Waals surface area contributed by atoms with Gasteiger partial charge in [0.05, 0.1) is 30.3 Å². The molecule has 1 saturated heterocycles. The molecular weight excluding hydrogens is 258 g/mol. The SMILES string of the molecule is COc1cc([N+](=O)[O-])ccc1N1C(=O)CNC1=S. The van der Waals surface area contributed by atoms with Crippen LogP contribution in [-0.4, -0.2) is 29.6 Å². The summed E-state index contributed by atoms with van der Waals surface area (Å²) in [6.07, 6.45) is 0. The third-order valence-electron chi connectivity index (χ3n) is 2.46. The minimum atomic E-state index is -0.533. The Hall–Kier alpha value is -2.22. The van der Waals surface area contributed by atoms with Crippen molar-refractivity contribution in [1.82, 2.24) is 5.32 Å². The zero-order valence-corrected chi connectivity index (χ0v) is 10.2. The summed E-state index contributed by atoms with van der Waals surface area (Å²) in [5.41, 5.74) is 0.282. The molecule has 0 aliphatic carbocycles. The van der Waals surface area contributed by atoms with E-state index in [-0.39, 0.29) is 29.0 Å². The highest BCUT2D eigenvalue weighted by Gasteiger charge is 2.29. The molecule has 0 radical (unpaired) electrons. The Balaban J connectivity index is 2.48. The number of ether oxygens (including phenoxy) is 1. The van der Waals surface area contributed by atoms with Gasteiger partial charge in [-0.25, -0.2) is 0 Å². The second kappa shape index (κ2) is 4.57. The van der Waals surface area contributed by atoms with Gasteiger partial charge in [-0.2, -0.15) is 0 Å². The highest BCUT2D eigenvalue weighted by atomic mass is 32.1. The lowest BCUT2D eigenvalue weighted by molar-refractivity contribution is -0.384. The summed E-state index contributed by atoms with van der Waals surface area (Å²) in [7, 11) is 1.37. The van der Waals surface area contributed by atoms with E-state index < -0.39 is 4.92 Å². The number of benzene rings is 1. The van der Waals surface area contributed by atoms with E-state index in [1.807, 2.05) is 0 Å². The first-order valence-corrected chi connectivity index (χ1v) is 5.38. The Bertz CT molecular complexity index is 530. The lowest BCUT2D eigenvalue weighted by Crippen LogP contribution is -2.30. The average molecular weight is 267 g/mol. The predicted octanol–water partition coefficient (Wildman–Crippen LogP) is 0.825. The van der Waals surface area contributed by atoms with Gasteiger partial charge in [-0.05, 0) is 18.3 Å². The number of rotatable bonds is 3. The lowest BCUT2D eigenvalue weighted by atomic mass is 10.2. The third kappa shape index (κ3) is 1.97. The van der Waals surface area contributed by atoms with Crippen LogP contribution < -0.4 is 15.0 Å². The maximum Gasteiger partial charge on any atom is 0.273 e. The molecule has 0 aromatic heterocycles. The van der Waals surface area contributed by atoms with Crippen LogP contribution >= 0.6 is 12.2 Å². The molecule has 1 N–H and O–H groups in total.